The molecule has 1 heterocycles. The van der Waals surface area contributed by atoms with Crippen molar-refractivity contribution in [1.29, 1.82) is 0 Å². The lowest BCUT2D eigenvalue weighted by Crippen LogP contribution is -2.16. The minimum atomic E-state index is -4.57. The molecule has 0 saturated carbocycles. The maximum atomic E-state index is 12.8. The molecule has 1 aromatic heterocycles. The number of hydrogen-bond donors (Lipinski definition) is 2. The van der Waals surface area contributed by atoms with Crippen molar-refractivity contribution in [2.45, 2.75) is 19.5 Å². The summed E-state index contributed by atoms with van der Waals surface area (Å²) in [5, 5.41) is 2.32. The van der Waals surface area contributed by atoms with Gasteiger partial charge in [-0.2, -0.15) is 13.2 Å². The van der Waals surface area contributed by atoms with E-state index >= 15 is 0 Å². The second kappa shape index (κ2) is 7.49. The minimum absolute atomic E-state index is 0.0159. The Morgan fingerprint density at radius 3 is 2.40 bits per heavy atom. The first-order chi connectivity index (χ1) is 11.6. The van der Waals surface area contributed by atoms with E-state index in [1.54, 1.807) is 6.92 Å². The molecule has 136 valence electrons. The molecule has 0 aliphatic carbocycles. The Labute approximate surface area is 148 Å². The van der Waals surface area contributed by atoms with Crippen LogP contribution in [-0.4, -0.2) is 19.2 Å². The van der Waals surface area contributed by atoms with Gasteiger partial charge in [-0.25, -0.2) is 13.4 Å². The second-order valence-electron chi connectivity index (χ2n) is 5.17. The number of hydrogen-bond acceptors (Lipinski definition) is 4. The minimum Gasteiger partial charge on any atom is -0.340 e. The summed E-state index contributed by atoms with van der Waals surface area (Å²) < 4.78 is 64.2. The third-order valence-corrected chi connectivity index (χ3v) is 4.88. The summed E-state index contributed by atoms with van der Waals surface area (Å²) in [6, 6.07) is 6.31. The van der Waals surface area contributed by atoms with Gasteiger partial charge in [0.1, 0.15) is 5.82 Å². The number of rotatable bonds is 6. The summed E-state index contributed by atoms with van der Waals surface area (Å²) in [5.41, 5.74) is -0.530. The predicted molar refractivity (Wildman–Crippen MR) is 91.7 cm³/mol. The van der Waals surface area contributed by atoms with Gasteiger partial charge in [-0.1, -0.05) is 18.5 Å². The number of nitrogens with one attached hydrogen (secondary N) is 2. The van der Waals surface area contributed by atoms with Gasteiger partial charge in [0, 0.05) is 5.69 Å². The van der Waals surface area contributed by atoms with E-state index in [0.29, 0.717) is 6.42 Å². The van der Waals surface area contributed by atoms with Crippen molar-refractivity contribution in [1.82, 2.24) is 4.98 Å². The van der Waals surface area contributed by atoms with E-state index in [1.807, 2.05) is 0 Å². The number of halogens is 4. The number of alkyl halides is 3. The predicted octanol–water partition coefficient (Wildman–Crippen LogP) is 4.65. The summed E-state index contributed by atoms with van der Waals surface area (Å²) >= 11 is 5.56. The topological polar surface area (TPSA) is 71.1 Å². The van der Waals surface area contributed by atoms with Crippen molar-refractivity contribution in [2.75, 3.05) is 15.8 Å². The van der Waals surface area contributed by atoms with Crippen LogP contribution < -0.4 is 10.0 Å². The van der Waals surface area contributed by atoms with Gasteiger partial charge < -0.3 is 5.32 Å². The van der Waals surface area contributed by atoms with Crippen LogP contribution in [0.4, 0.5) is 30.4 Å². The molecule has 0 radical (unpaired) electrons. The molecule has 5 nitrogen and oxygen atoms in total. The van der Waals surface area contributed by atoms with Crippen molar-refractivity contribution in [3.63, 3.8) is 0 Å². The van der Waals surface area contributed by atoms with Crippen LogP contribution in [0.3, 0.4) is 0 Å². The fourth-order valence-electron chi connectivity index (χ4n) is 2.00. The van der Waals surface area contributed by atoms with Gasteiger partial charge in [0.2, 0.25) is 10.0 Å². The molecule has 0 amide bonds. The maximum Gasteiger partial charge on any atom is 0.417 e. The van der Waals surface area contributed by atoms with Crippen molar-refractivity contribution >= 4 is 38.8 Å². The number of aromatic nitrogens is 1. The third-order valence-electron chi connectivity index (χ3n) is 3.05. The summed E-state index contributed by atoms with van der Waals surface area (Å²) in [5.74, 6) is 0.242. The number of anilines is 3. The lowest BCUT2D eigenvalue weighted by Gasteiger charge is -2.12. The fourth-order valence-corrected chi connectivity index (χ4v) is 3.34. The molecule has 1 aromatic carbocycles. The van der Waals surface area contributed by atoms with Gasteiger partial charge in [-0.3, -0.25) is 4.72 Å². The fraction of sp³-hybridized carbons (Fsp3) is 0.267. The van der Waals surface area contributed by atoms with E-state index in [2.05, 4.69) is 15.0 Å². The molecule has 2 N–H and O–H groups in total. The Morgan fingerprint density at radius 2 is 1.84 bits per heavy atom. The maximum absolute atomic E-state index is 12.8. The Bertz CT molecular complexity index is 840. The van der Waals surface area contributed by atoms with Gasteiger partial charge in [0.05, 0.1) is 28.2 Å². The zero-order valence-electron chi connectivity index (χ0n) is 13.1. The van der Waals surface area contributed by atoms with Crippen LogP contribution in [0.25, 0.3) is 0 Å². The summed E-state index contributed by atoms with van der Waals surface area (Å²) in [7, 11) is -3.43. The smallest absolute Gasteiger partial charge is 0.340 e. The molecule has 2 aromatic rings. The molecule has 0 unspecified atom stereocenters. The van der Waals surface area contributed by atoms with E-state index in [9.17, 15) is 21.6 Å². The summed E-state index contributed by atoms with van der Waals surface area (Å²) in [6.45, 7) is 1.74. The highest BCUT2D eigenvalue weighted by molar-refractivity contribution is 7.92. The summed E-state index contributed by atoms with van der Waals surface area (Å²) in [4.78, 5) is 3.98. The number of pyridine rings is 1. The monoisotopic (exact) mass is 393 g/mol. The lowest BCUT2D eigenvalue weighted by molar-refractivity contribution is -0.137. The molecule has 0 bridgehead atoms. The Kier molecular flexibility index (Phi) is 5.79. The molecule has 10 heteroatoms. The third kappa shape index (κ3) is 5.50. The normalized spacial score (nSPS) is 12.0. The molecule has 0 saturated heterocycles. The number of nitrogens with zero attached hydrogens (tertiary/aromatic N) is 1. The van der Waals surface area contributed by atoms with E-state index in [-0.39, 0.29) is 22.9 Å². The quantitative estimate of drug-likeness (QED) is 0.749. The van der Waals surface area contributed by atoms with Crippen molar-refractivity contribution in [3.8, 4) is 0 Å². The number of benzene rings is 1. The van der Waals surface area contributed by atoms with Gasteiger partial charge in [0.25, 0.3) is 0 Å². The molecule has 0 spiro atoms. The highest BCUT2D eigenvalue weighted by atomic mass is 35.5. The Hall–Kier alpha value is -2.00. The van der Waals surface area contributed by atoms with E-state index in [0.717, 1.165) is 12.1 Å². The second-order valence-corrected chi connectivity index (χ2v) is 7.42. The van der Waals surface area contributed by atoms with Crippen LogP contribution in [0.5, 0.6) is 0 Å². The first kappa shape index (κ1) is 19.3. The number of sulfonamides is 1. The average molecular weight is 394 g/mol. The van der Waals surface area contributed by atoms with Crippen LogP contribution in [0.1, 0.15) is 18.9 Å². The van der Waals surface area contributed by atoms with E-state index < -0.39 is 26.8 Å². The molecule has 0 aliphatic rings. The zero-order chi connectivity index (χ0) is 18.7. The molecular weight excluding hydrogens is 379 g/mol. The molecule has 2 rings (SSSR count). The molecule has 0 fully saturated rings. The SMILES string of the molecule is CCCS(=O)(=O)Nc1ccc(Nc2ccc(Cl)c(C(F)(F)F)c2)nc1. The van der Waals surface area contributed by atoms with Crippen molar-refractivity contribution < 1.29 is 21.6 Å². The highest BCUT2D eigenvalue weighted by Crippen LogP contribution is 2.36. The Morgan fingerprint density at radius 1 is 1.16 bits per heavy atom. The first-order valence-corrected chi connectivity index (χ1v) is 9.24. The van der Waals surface area contributed by atoms with E-state index in [4.69, 9.17) is 11.6 Å². The molecular formula is C15H15ClF3N3O2S. The van der Waals surface area contributed by atoms with Crippen LogP contribution in [0.2, 0.25) is 5.02 Å². The van der Waals surface area contributed by atoms with E-state index in [1.165, 1.54) is 24.4 Å². The van der Waals surface area contributed by atoms with Gasteiger partial charge in [0.15, 0.2) is 0 Å². The van der Waals surface area contributed by atoms with Gasteiger partial charge >= 0.3 is 6.18 Å². The molecule has 0 atom stereocenters. The van der Waals surface area contributed by atoms with Crippen molar-refractivity contribution in [3.05, 3.63) is 47.1 Å². The van der Waals surface area contributed by atoms with Crippen LogP contribution in [0.15, 0.2) is 36.5 Å². The Balaban J connectivity index is 2.14. The molecule has 25 heavy (non-hydrogen) atoms. The summed E-state index contributed by atoms with van der Waals surface area (Å²) in [6.07, 6.45) is -2.82. The lowest BCUT2D eigenvalue weighted by atomic mass is 10.2. The van der Waals surface area contributed by atoms with Crippen molar-refractivity contribution in [2.24, 2.45) is 0 Å². The first-order valence-electron chi connectivity index (χ1n) is 7.21. The highest BCUT2D eigenvalue weighted by Gasteiger charge is 2.33. The van der Waals surface area contributed by atoms with Crippen LogP contribution >= 0.6 is 11.6 Å². The molecule has 0 aliphatic heterocycles. The average Bonchev–Trinajstić information content (AvgIpc) is 2.49. The standard InChI is InChI=1S/C15H15ClF3N3O2S/c1-2-7-25(23,24)22-11-4-6-14(20-9-11)21-10-3-5-13(16)12(8-10)15(17,18)19/h3-6,8-9,22H,2,7H2,1H3,(H,20,21). The largest absolute Gasteiger partial charge is 0.417 e. The van der Waals surface area contributed by atoms with Crippen LogP contribution in [0, 0.1) is 0 Å². The van der Waals surface area contributed by atoms with Gasteiger partial charge in [-0.05, 0) is 36.8 Å². The zero-order valence-corrected chi connectivity index (χ0v) is 14.6. The van der Waals surface area contributed by atoms with Gasteiger partial charge in [-0.15, -0.1) is 0 Å². The van der Waals surface area contributed by atoms with Crippen LogP contribution in [-0.2, 0) is 16.2 Å².